The standard InChI is InChI=1S/C16H26N6O/c1-13-17-6-9-22(13)12-15-18-19-16(20(15)2)14-5-3-7-21(11-14)8-4-10-23/h6,9,14,23H,3-5,7-8,10-12H2,1-2H3/t14-/m1/s1. The molecule has 1 saturated heterocycles. The predicted octanol–water partition coefficient (Wildman–Crippen LogP) is 0.930. The van der Waals surface area contributed by atoms with E-state index < -0.39 is 0 Å². The van der Waals surface area contributed by atoms with Crippen LogP contribution in [0, 0.1) is 6.92 Å². The number of aliphatic hydroxyl groups is 1. The lowest BCUT2D eigenvalue weighted by Crippen LogP contribution is -2.36. The molecule has 3 heterocycles. The molecule has 0 bridgehead atoms. The van der Waals surface area contributed by atoms with E-state index in [9.17, 15) is 0 Å². The van der Waals surface area contributed by atoms with Gasteiger partial charge in [0, 0.05) is 45.1 Å². The number of hydrogen-bond acceptors (Lipinski definition) is 5. The van der Waals surface area contributed by atoms with Gasteiger partial charge in [0.15, 0.2) is 5.82 Å². The molecule has 1 aliphatic heterocycles. The zero-order valence-corrected chi connectivity index (χ0v) is 14.0. The second kappa shape index (κ2) is 7.23. The van der Waals surface area contributed by atoms with Crippen molar-refractivity contribution in [2.75, 3.05) is 26.2 Å². The van der Waals surface area contributed by atoms with Crippen molar-refractivity contribution in [1.82, 2.24) is 29.2 Å². The monoisotopic (exact) mass is 318 g/mol. The first-order valence-electron chi connectivity index (χ1n) is 8.38. The Bertz CT molecular complexity index is 634. The van der Waals surface area contributed by atoms with Crippen LogP contribution in [0.2, 0.25) is 0 Å². The Hall–Kier alpha value is -1.73. The topological polar surface area (TPSA) is 72.0 Å². The van der Waals surface area contributed by atoms with Crippen molar-refractivity contribution in [1.29, 1.82) is 0 Å². The van der Waals surface area contributed by atoms with Gasteiger partial charge in [-0.05, 0) is 32.7 Å². The minimum Gasteiger partial charge on any atom is -0.396 e. The first-order valence-corrected chi connectivity index (χ1v) is 8.38. The predicted molar refractivity (Wildman–Crippen MR) is 87.2 cm³/mol. The van der Waals surface area contributed by atoms with Gasteiger partial charge in [-0.15, -0.1) is 10.2 Å². The average Bonchev–Trinajstić information content (AvgIpc) is 3.13. The lowest BCUT2D eigenvalue weighted by atomic mass is 9.97. The Morgan fingerprint density at radius 2 is 2.22 bits per heavy atom. The van der Waals surface area contributed by atoms with Gasteiger partial charge in [-0.1, -0.05) is 0 Å². The Kier molecular flexibility index (Phi) is 5.07. The molecule has 1 aliphatic rings. The number of hydrogen-bond donors (Lipinski definition) is 1. The molecule has 0 amide bonds. The maximum Gasteiger partial charge on any atom is 0.152 e. The Morgan fingerprint density at radius 1 is 1.35 bits per heavy atom. The minimum atomic E-state index is 0.263. The SMILES string of the molecule is Cc1nccn1Cc1nnc([C@@H]2CCCN(CCCO)C2)n1C. The number of imidazole rings is 1. The summed E-state index contributed by atoms with van der Waals surface area (Å²) < 4.78 is 4.22. The molecule has 1 fully saturated rings. The van der Waals surface area contributed by atoms with E-state index in [-0.39, 0.29) is 6.61 Å². The summed E-state index contributed by atoms with van der Waals surface area (Å²) in [5.41, 5.74) is 0. The van der Waals surface area contributed by atoms with Gasteiger partial charge in [0.2, 0.25) is 0 Å². The van der Waals surface area contributed by atoms with Gasteiger partial charge in [-0.3, -0.25) is 0 Å². The van der Waals surface area contributed by atoms with Crippen molar-refractivity contribution < 1.29 is 5.11 Å². The number of aliphatic hydroxyl groups excluding tert-OH is 1. The van der Waals surface area contributed by atoms with E-state index in [1.165, 1.54) is 6.42 Å². The molecule has 23 heavy (non-hydrogen) atoms. The molecule has 0 unspecified atom stereocenters. The fraction of sp³-hybridized carbons (Fsp3) is 0.688. The van der Waals surface area contributed by atoms with E-state index in [4.69, 9.17) is 5.11 Å². The lowest BCUT2D eigenvalue weighted by Gasteiger charge is -2.32. The normalized spacial score (nSPS) is 19.3. The van der Waals surface area contributed by atoms with E-state index in [1.54, 1.807) is 0 Å². The van der Waals surface area contributed by atoms with Gasteiger partial charge in [0.05, 0.1) is 6.54 Å². The molecule has 126 valence electrons. The summed E-state index contributed by atoms with van der Waals surface area (Å²) in [6.45, 7) is 6.06. The lowest BCUT2D eigenvalue weighted by molar-refractivity contribution is 0.180. The zero-order valence-electron chi connectivity index (χ0n) is 14.0. The Balaban J connectivity index is 1.70. The van der Waals surface area contributed by atoms with Crippen molar-refractivity contribution in [3.8, 4) is 0 Å². The molecular weight excluding hydrogens is 292 g/mol. The summed E-state index contributed by atoms with van der Waals surface area (Å²) in [5, 5.41) is 17.9. The first-order chi connectivity index (χ1) is 11.2. The van der Waals surface area contributed by atoms with E-state index >= 15 is 0 Å². The highest BCUT2D eigenvalue weighted by Gasteiger charge is 2.25. The van der Waals surface area contributed by atoms with Crippen LogP contribution in [0.3, 0.4) is 0 Å². The van der Waals surface area contributed by atoms with E-state index in [0.29, 0.717) is 12.5 Å². The molecule has 1 N–H and O–H groups in total. The summed E-state index contributed by atoms with van der Waals surface area (Å²) in [6, 6.07) is 0. The molecule has 2 aromatic rings. The van der Waals surface area contributed by atoms with Crippen LogP contribution >= 0.6 is 0 Å². The van der Waals surface area contributed by atoms with Crippen LogP contribution in [0.1, 0.15) is 42.7 Å². The number of aromatic nitrogens is 5. The summed E-state index contributed by atoms with van der Waals surface area (Å²) in [7, 11) is 2.06. The Morgan fingerprint density at radius 3 is 2.96 bits per heavy atom. The molecule has 2 aromatic heterocycles. The van der Waals surface area contributed by atoms with Crippen molar-refractivity contribution in [3.05, 3.63) is 29.9 Å². The summed E-state index contributed by atoms with van der Waals surface area (Å²) in [6.07, 6.45) is 6.97. The highest BCUT2D eigenvalue weighted by molar-refractivity contribution is 5.05. The van der Waals surface area contributed by atoms with Crippen molar-refractivity contribution >= 4 is 0 Å². The number of piperidine rings is 1. The molecule has 1 atom stereocenters. The van der Waals surface area contributed by atoms with Crippen molar-refractivity contribution in [2.24, 2.45) is 7.05 Å². The number of aryl methyl sites for hydroxylation is 1. The quantitative estimate of drug-likeness (QED) is 0.858. The molecule has 0 aromatic carbocycles. The molecular formula is C16H26N6O. The number of nitrogens with zero attached hydrogens (tertiary/aromatic N) is 6. The van der Waals surface area contributed by atoms with Crippen LogP contribution in [0.5, 0.6) is 0 Å². The van der Waals surface area contributed by atoms with Crippen molar-refractivity contribution in [2.45, 2.75) is 38.6 Å². The number of likely N-dealkylation sites (tertiary alicyclic amines) is 1. The maximum absolute atomic E-state index is 9.01. The largest absolute Gasteiger partial charge is 0.396 e. The summed E-state index contributed by atoms with van der Waals surface area (Å²) >= 11 is 0. The van der Waals surface area contributed by atoms with Crippen LogP contribution in [0.4, 0.5) is 0 Å². The smallest absolute Gasteiger partial charge is 0.152 e. The van der Waals surface area contributed by atoms with Gasteiger partial charge in [-0.2, -0.15) is 0 Å². The fourth-order valence-electron chi connectivity index (χ4n) is 3.36. The van der Waals surface area contributed by atoms with Crippen LogP contribution in [0.25, 0.3) is 0 Å². The van der Waals surface area contributed by atoms with Crippen LogP contribution in [0.15, 0.2) is 12.4 Å². The minimum absolute atomic E-state index is 0.263. The van der Waals surface area contributed by atoms with Gasteiger partial charge in [0.1, 0.15) is 11.6 Å². The molecule has 0 radical (unpaired) electrons. The molecule has 0 spiro atoms. The van der Waals surface area contributed by atoms with Gasteiger partial charge < -0.3 is 19.1 Å². The zero-order chi connectivity index (χ0) is 16.2. The van der Waals surface area contributed by atoms with Crippen LogP contribution in [-0.4, -0.2) is 60.6 Å². The summed E-state index contributed by atoms with van der Waals surface area (Å²) in [4.78, 5) is 6.69. The van der Waals surface area contributed by atoms with Crippen LogP contribution in [-0.2, 0) is 13.6 Å². The molecule has 0 saturated carbocycles. The second-order valence-electron chi connectivity index (χ2n) is 6.35. The molecule has 7 heteroatoms. The van der Waals surface area contributed by atoms with E-state index in [0.717, 1.165) is 49.9 Å². The third-order valence-electron chi connectivity index (χ3n) is 4.74. The van der Waals surface area contributed by atoms with Gasteiger partial charge in [0.25, 0.3) is 0 Å². The molecule has 7 nitrogen and oxygen atoms in total. The third kappa shape index (κ3) is 3.61. The Labute approximate surface area is 137 Å². The van der Waals surface area contributed by atoms with Crippen LogP contribution < -0.4 is 0 Å². The first kappa shape index (κ1) is 16.1. The second-order valence-corrected chi connectivity index (χ2v) is 6.35. The van der Waals surface area contributed by atoms with Gasteiger partial charge >= 0.3 is 0 Å². The third-order valence-corrected chi connectivity index (χ3v) is 4.74. The van der Waals surface area contributed by atoms with E-state index in [1.807, 2.05) is 19.3 Å². The highest BCUT2D eigenvalue weighted by atomic mass is 16.3. The number of rotatable bonds is 6. The van der Waals surface area contributed by atoms with Crippen molar-refractivity contribution in [3.63, 3.8) is 0 Å². The maximum atomic E-state index is 9.01. The van der Waals surface area contributed by atoms with E-state index in [2.05, 4.69) is 36.3 Å². The molecule has 3 rings (SSSR count). The highest BCUT2D eigenvalue weighted by Crippen LogP contribution is 2.25. The summed E-state index contributed by atoms with van der Waals surface area (Å²) in [5.74, 6) is 3.46. The average molecular weight is 318 g/mol. The fourth-order valence-corrected chi connectivity index (χ4v) is 3.36. The molecule has 0 aliphatic carbocycles. The van der Waals surface area contributed by atoms with Gasteiger partial charge in [-0.25, -0.2) is 4.98 Å².